The van der Waals surface area contributed by atoms with Gasteiger partial charge in [-0.05, 0) is 13.3 Å². The summed E-state index contributed by atoms with van der Waals surface area (Å²) in [5.74, 6) is 0.206. The molecule has 0 aliphatic rings. The van der Waals surface area contributed by atoms with Gasteiger partial charge in [-0.3, -0.25) is 0 Å². The number of nitrogens with zero attached hydrogens (tertiary/aromatic N) is 1. The lowest BCUT2D eigenvalue weighted by molar-refractivity contribution is 0.156. The Morgan fingerprint density at radius 3 is 2.80 bits per heavy atom. The molecule has 0 aromatic rings. The molecule has 4 N–H and O–H groups in total. The smallest absolute Gasteiger partial charge is 0.156 e. The molecule has 0 spiro atoms. The van der Waals surface area contributed by atoms with Gasteiger partial charge in [-0.15, -0.1) is 0 Å². The second kappa shape index (κ2) is 8.26. The molecule has 0 aromatic heterocycles. The molecule has 5 heteroatoms. The molecule has 0 saturated carbocycles. The van der Waals surface area contributed by atoms with E-state index in [0.717, 1.165) is 12.0 Å². The van der Waals surface area contributed by atoms with Gasteiger partial charge in [-0.25, -0.2) is 0 Å². The van der Waals surface area contributed by atoms with Crippen LogP contribution in [0.15, 0.2) is 17.3 Å². The van der Waals surface area contributed by atoms with Crippen LogP contribution in [0.25, 0.3) is 0 Å². The van der Waals surface area contributed by atoms with Crippen molar-refractivity contribution >= 4 is 5.84 Å². The maximum absolute atomic E-state index is 8.49. The minimum absolute atomic E-state index is 0.0940. The fourth-order valence-electron chi connectivity index (χ4n) is 1.08. The normalized spacial score (nSPS) is 13.9. The van der Waals surface area contributed by atoms with Crippen molar-refractivity contribution in [1.29, 1.82) is 0 Å². The summed E-state index contributed by atoms with van der Waals surface area (Å²) in [6.07, 6.45) is 0.774. The topological polar surface area (TPSA) is 79.9 Å². The van der Waals surface area contributed by atoms with Crippen LogP contribution in [0, 0.1) is 0 Å². The highest BCUT2D eigenvalue weighted by atomic mass is 16.5. The number of ether oxygens (including phenoxy) is 1. The first kappa shape index (κ1) is 13.9. The summed E-state index contributed by atoms with van der Waals surface area (Å²) in [5.41, 5.74) is 6.47. The van der Waals surface area contributed by atoms with Gasteiger partial charge in [0, 0.05) is 6.54 Å². The molecule has 5 nitrogen and oxygen atoms in total. The molecule has 0 rings (SSSR count). The summed E-state index contributed by atoms with van der Waals surface area (Å²) in [6, 6.07) is -0.0940. The van der Waals surface area contributed by atoms with Gasteiger partial charge in [0.1, 0.15) is 0 Å². The summed E-state index contributed by atoms with van der Waals surface area (Å²) in [4.78, 5) is 0. The highest BCUT2D eigenvalue weighted by Gasteiger charge is 2.09. The lowest BCUT2D eigenvalue weighted by atomic mass is 10.2. The quantitative estimate of drug-likeness (QED) is 0.139. The van der Waals surface area contributed by atoms with Crippen LogP contribution in [-0.2, 0) is 4.74 Å². The third-order valence-electron chi connectivity index (χ3n) is 1.87. The zero-order valence-corrected chi connectivity index (χ0v) is 9.49. The predicted molar refractivity (Wildman–Crippen MR) is 61.1 cm³/mol. The van der Waals surface area contributed by atoms with Crippen molar-refractivity contribution in [3.8, 4) is 0 Å². The zero-order chi connectivity index (χ0) is 11.7. The average Bonchev–Trinajstić information content (AvgIpc) is 2.22. The summed E-state index contributed by atoms with van der Waals surface area (Å²) < 4.78 is 5.30. The lowest BCUT2D eigenvalue weighted by Crippen LogP contribution is -2.42. The zero-order valence-electron chi connectivity index (χ0n) is 9.49. The van der Waals surface area contributed by atoms with Gasteiger partial charge in [-0.1, -0.05) is 24.2 Å². The van der Waals surface area contributed by atoms with Gasteiger partial charge < -0.3 is 21.0 Å². The van der Waals surface area contributed by atoms with Crippen LogP contribution >= 0.6 is 0 Å². The number of amidine groups is 1. The van der Waals surface area contributed by atoms with Crippen LogP contribution in [0.3, 0.4) is 0 Å². The van der Waals surface area contributed by atoms with Gasteiger partial charge >= 0.3 is 0 Å². The first-order chi connectivity index (χ1) is 7.11. The summed E-state index contributed by atoms with van der Waals surface area (Å²) in [6.45, 7) is 9.43. The molecule has 0 aromatic carbocycles. The molecular formula is C10H21N3O2. The number of hydrogen-bond acceptors (Lipinski definition) is 4. The minimum atomic E-state index is -0.0940. The third kappa shape index (κ3) is 6.93. The molecule has 0 aliphatic carbocycles. The summed E-state index contributed by atoms with van der Waals surface area (Å²) in [7, 11) is 0. The molecule has 0 fully saturated rings. The monoisotopic (exact) mass is 215 g/mol. The number of hydrogen-bond donors (Lipinski definition) is 3. The van der Waals surface area contributed by atoms with Gasteiger partial charge in [0.15, 0.2) is 5.84 Å². The molecular weight excluding hydrogens is 194 g/mol. The van der Waals surface area contributed by atoms with Crippen molar-refractivity contribution < 1.29 is 9.94 Å². The van der Waals surface area contributed by atoms with Crippen LogP contribution < -0.4 is 11.1 Å². The number of oxime groups is 1. The number of rotatable bonds is 8. The second-order valence-corrected chi connectivity index (χ2v) is 3.45. The van der Waals surface area contributed by atoms with E-state index in [1.807, 2.05) is 13.8 Å². The first-order valence-corrected chi connectivity index (χ1v) is 5.04. The molecule has 0 heterocycles. The largest absolute Gasteiger partial charge is 0.409 e. The fourth-order valence-corrected chi connectivity index (χ4v) is 1.08. The van der Waals surface area contributed by atoms with Crippen LogP contribution in [0.2, 0.25) is 0 Å². The number of nitrogens with two attached hydrogens (primary N) is 1. The van der Waals surface area contributed by atoms with Crippen LogP contribution in [-0.4, -0.2) is 36.8 Å². The molecule has 0 radical (unpaired) electrons. The third-order valence-corrected chi connectivity index (χ3v) is 1.87. The van der Waals surface area contributed by atoms with Crippen molar-refractivity contribution in [1.82, 2.24) is 5.32 Å². The molecule has 1 unspecified atom stereocenters. The van der Waals surface area contributed by atoms with E-state index in [1.165, 1.54) is 0 Å². The Labute approximate surface area is 91.0 Å². The van der Waals surface area contributed by atoms with Crippen LogP contribution in [0.5, 0.6) is 0 Å². The average molecular weight is 215 g/mol. The molecule has 0 bridgehead atoms. The van der Waals surface area contributed by atoms with E-state index in [-0.39, 0.29) is 11.9 Å². The van der Waals surface area contributed by atoms with E-state index in [9.17, 15) is 0 Å². The maximum atomic E-state index is 8.49. The SMILES string of the molecule is C=C(C)COCCNC(CC)C(N)=NO. The highest BCUT2D eigenvalue weighted by Crippen LogP contribution is 1.91. The Morgan fingerprint density at radius 1 is 1.67 bits per heavy atom. The first-order valence-electron chi connectivity index (χ1n) is 5.04. The van der Waals surface area contributed by atoms with Gasteiger partial charge in [0.05, 0.1) is 19.3 Å². The van der Waals surface area contributed by atoms with E-state index >= 15 is 0 Å². The van der Waals surface area contributed by atoms with Crippen LogP contribution in [0.4, 0.5) is 0 Å². The molecule has 88 valence electrons. The van der Waals surface area contributed by atoms with Crippen molar-refractivity contribution in [2.24, 2.45) is 10.9 Å². The Bertz CT molecular complexity index is 217. The highest BCUT2D eigenvalue weighted by molar-refractivity contribution is 5.85. The van der Waals surface area contributed by atoms with E-state index in [1.54, 1.807) is 0 Å². The lowest BCUT2D eigenvalue weighted by Gasteiger charge is -2.15. The van der Waals surface area contributed by atoms with Crippen molar-refractivity contribution in [3.05, 3.63) is 12.2 Å². The summed E-state index contributed by atoms with van der Waals surface area (Å²) in [5, 5.41) is 14.6. The molecule has 0 amide bonds. The minimum Gasteiger partial charge on any atom is -0.409 e. The van der Waals surface area contributed by atoms with E-state index in [4.69, 9.17) is 15.7 Å². The van der Waals surface area contributed by atoms with Crippen LogP contribution in [0.1, 0.15) is 20.3 Å². The summed E-state index contributed by atoms with van der Waals surface area (Å²) >= 11 is 0. The standard InChI is InChI=1S/C10H21N3O2/c1-4-9(10(11)13-14)12-5-6-15-7-8(2)3/h9,12,14H,2,4-7H2,1,3H3,(H2,11,13). The van der Waals surface area contributed by atoms with Gasteiger partial charge in [-0.2, -0.15) is 0 Å². The molecule has 1 atom stereocenters. The Morgan fingerprint density at radius 2 is 2.33 bits per heavy atom. The van der Waals surface area contributed by atoms with Crippen molar-refractivity contribution in [2.75, 3.05) is 19.8 Å². The van der Waals surface area contributed by atoms with Crippen molar-refractivity contribution in [2.45, 2.75) is 26.3 Å². The van der Waals surface area contributed by atoms with Crippen molar-refractivity contribution in [3.63, 3.8) is 0 Å². The molecule has 0 saturated heterocycles. The second-order valence-electron chi connectivity index (χ2n) is 3.45. The maximum Gasteiger partial charge on any atom is 0.156 e. The molecule has 15 heavy (non-hydrogen) atoms. The van der Waals surface area contributed by atoms with E-state index < -0.39 is 0 Å². The fraction of sp³-hybridized carbons (Fsp3) is 0.700. The number of nitrogens with one attached hydrogen (secondary N) is 1. The Hall–Kier alpha value is -1.07. The van der Waals surface area contributed by atoms with Gasteiger partial charge in [0.25, 0.3) is 0 Å². The van der Waals surface area contributed by atoms with E-state index in [2.05, 4.69) is 17.1 Å². The van der Waals surface area contributed by atoms with Gasteiger partial charge in [0.2, 0.25) is 0 Å². The predicted octanol–water partition coefficient (Wildman–Crippen LogP) is 0.694. The molecule has 0 aliphatic heterocycles. The Balaban J connectivity index is 3.60. The Kier molecular flexibility index (Phi) is 7.67. The van der Waals surface area contributed by atoms with E-state index in [0.29, 0.717) is 19.8 Å².